The Kier molecular flexibility index (Phi) is 17.2. The van der Waals surface area contributed by atoms with Crippen LogP contribution in [0.3, 0.4) is 0 Å². The summed E-state index contributed by atoms with van der Waals surface area (Å²) in [7, 11) is 0. The molecule has 0 unspecified atom stereocenters. The van der Waals surface area contributed by atoms with Crippen LogP contribution in [0.1, 0.15) is 33.1 Å². The van der Waals surface area contributed by atoms with E-state index in [9.17, 15) is 48.3 Å². The average Bonchev–Trinajstić information content (AvgIpc) is 2.93. The molecule has 0 aromatic heterocycles. The molecule has 21 nitrogen and oxygen atoms in total. The maximum atomic E-state index is 13.0. The van der Waals surface area contributed by atoms with Crippen molar-refractivity contribution in [2.45, 2.75) is 69.4 Å². The molecular weight excluding hydrogens is 594 g/mol. The van der Waals surface area contributed by atoms with Gasteiger partial charge in [0.2, 0.25) is 47.3 Å². The van der Waals surface area contributed by atoms with Gasteiger partial charge in [0.1, 0.15) is 30.2 Å². The molecule has 0 aliphatic rings. The van der Waals surface area contributed by atoms with Gasteiger partial charge in [0.15, 0.2) is 0 Å². The van der Waals surface area contributed by atoms with Gasteiger partial charge in [0.25, 0.3) is 0 Å². The zero-order chi connectivity index (χ0) is 34.1. The highest BCUT2D eigenvalue weighted by molar-refractivity contribution is 5.98. The molecule has 0 heterocycles. The summed E-state index contributed by atoms with van der Waals surface area (Å²) in [6.45, 7) is -0.107. The van der Waals surface area contributed by atoms with Crippen molar-refractivity contribution in [3.8, 4) is 0 Å². The normalized spacial score (nSPS) is 14.7. The minimum atomic E-state index is -1.77. The Morgan fingerprint density at radius 1 is 0.636 bits per heavy atom. The Hall–Kier alpha value is -4.89. The Morgan fingerprint density at radius 2 is 1.16 bits per heavy atom. The summed E-state index contributed by atoms with van der Waals surface area (Å²) in [5.74, 6) is -9.54. The summed E-state index contributed by atoms with van der Waals surface area (Å²) < 4.78 is 0. The number of carboxylic acids is 1. The van der Waals surface area contributed by atoms with E-state index in [-0.39, 0.29) is 0 Å². The molecule has 0 aliphatic carbocycles. The monoisotopic (exact) mass is 633 g/mol. The first-order valence-electron chi connectivity index (χ1n) is 13.0. The van der Waals surface area contributed by atoms with Crippen LogP contribution < -0.4 is 49.1 Å². The number of carboxylic acid groups (broad SMARTS) is 1. The molecule has 21 heteroatoms. The smallest absolute Gasteiger partial charge is 0.328 e. The lowest BCUT2D eigenvalue weighted by Crippen LogP contribution is -2.60. The third-order valence-corrected chi connectivity index (χ3v) is 5.57. The van der Waals surface area contributed by atoms with E-state index < -0.39 is 128 Å². The van der Waals surface area contributed by atoms with Gasteiger partial charge in [0, 0.05) is 6.42 Å². The number of hydrogen-bond donors (Lipinski definition) is 12. The van der Waals surface area contributed by atoms with Crippen molar-refractivity contribution in [1.29, 1.82) is 0 Å². The second kappa shape index (κ2) is 19.3. The van der Waals surface area contributed by atoms with E-state index in [0.717, 1.165) is 0 Å². The summed E-state index contributed by atoms with van der Waals surface area (Å²) in [6, 6.07) is -8.82. The standard InChI is InChI=1S/C23H39N9O12/c1-9(24)18(38)28-10(2)19(39)32-13(7-33)22(42)31-12(5-16(26)36)21(41)30-11(3-4-15(25)35)20(40)27-6-17(37)29-14(8-34)23(43)44/h9-14,33-34H,3-8,24H2,1-2H3,(H2,25,35)(H2,26,36)(H,27,40)(H,28,38)(H,29,37)(H,30,41)(H,31,42)(H,32,39)(H,43,44)/t9-,10-,11-,12-,13-,14-/m0/s1. The molecular formula is C23H39N9O12. The molecule has 0 rings (SSSR count). The molecule has 0 saturated carbocycles. The van der Waals surface area contributed by atoms with Gasteiger partial charge in [0.05, 0.1) is 32.2 Å². The Morgan fingerprint density at radius 3 is 1.64 bits per heavy atom. The van der Waals surface area contributed by atoms with Crippen molar-refractivity contribution in [3.63, 3.8) is 0 Å². The van der Waals surface area contributed by atoms with Gasteiger partial charge < -0.3 is 64.4 Å². The van der Waals surface area contributed by atoms with Crippen LogP contribution in [0.15, 0.2) is 0 Å². The van der Waals surface area contributed by atoms with Crippen molar-refractivity contribution < 1.29 is 58.5 Å². The van der Waals surface area contributed by atoms with Crippen LogP contribution in [0.4, 0.5) is 0 Å². The Labute approximate surface area is 250 Å². The molecule has 0 bridgehead atoms. The largest absolute Gasteiger partial charge is 0.480 e. The van der Waals surface area contributed by atoms with Crippen LogP contribution in [0.5, 0.6) is 0 Å². The average molecular weight is 634 g/mol. The zero-order valence-corrected chi connectivity index (χ0v) is 24.0. The summed E-state index contributed by atoms with van der Waals surface area (Å²) >= 11 is 0. The predicted octanol–water partition coefficient (Wildman–Crippen LogP) is -7.90. The summed E-state index contributed by atoms with van der Waals surface area (Å²) in [5, 5.41) is 40.2. The van der Waals surface area contributed by atoms with Gasteiger partial charge in [-0.25, -0.2) is 4.79 Å². The molecule has 248 valence electrons. The quantitative estimate of drug-likeness (QED) is 0.0593. The van der Waals surface area contributed by atoms with Crippen molar-refractivity contribution in [2.75, 3.05) is 19.8 Å². The van der Waals surface area contributed by atoms with Gasteiger partial charge in [-0.1, -0.05) is 0 Å². The minimum Gasteiger partial charge on any atom is -0.480 e. The summed E-state index contributed by atoms with van der Waals surface area (Å²) in [4.78, 5) is 108. The first-order chi connectivity index (χ1) is 20.4. The lowest BCUT2D eigenvalue weighted by Gasteiger charge is -2.25. The van der Waals surface area contributed by atoms with Gasteiger partial charge in [-0.3, -0.25) is 38.4 Å². The van der Waals surface area contributed by atoms with E-state index in [4.69, 9.17) is 27.4 Å². The molecule has 6 atom stereocenters. The fourth-order valence-electron chi connectivity index (χ4n) is 3.13. The van der Waals surface area contributed by atoms with Crippen LogP contribution in [0.25, 0.3) is 0 Å². The second-order valence-corrected chi connectivity index (χ2v) is 9.42. The fraction of sp³-hybridized carbons (Fsp3) is 0.609. The van der Waals surface area contributed by atoms with Crippen molar-refractivity contribution in [2.24, 2.45) is 17.2 Å². The van der Waals surface area contributed by atoms with Crippen molar-refractivity contribution >= 4 is 53.2 Å². The molecule has 0 spiro atoms. The highest BCUT2D eigenvalue weighted by atomic mass is 16.4. The summed E-state index contributed by atoms with van der Waals surface area (Å²) in [6.07, 6.45) is -1.69. The third kappa shape index (κ3) is 14.8. The third-order valence-electron chi connectivity index (χ3n) is 5.57. The van der Waals surface area contributed by atoms with Crippen LogP contribution in [-0.2, 0) is 43.2 Å². The number of carbonyl (C=O) groups is 9. The van der Waals surface area contributed by atoms with Gasteiger partial charge >= 0.3 is 5.97 Å². The molecule has 15 N–H and O–H groups in total. The van der Waals surface area contributed by atoms with Crippen LogP contribution >= 0.6 is 0 Å². The molecule has 0 aromatic carbocycles. The van der Waals surface area contributed by atoms with Crippen molar-refractivity contribution in [1.82, 2.24) is 31.9 Å². The Bertz CT molecular complexity index is 1100. The number of aliphatic carboxylic acids is 1. The number of amides is 8. The first kappa shape index (κ1) is 39.1. The van der Waals surface area contributed by atoms with Crippen LogP contribution in [0, 0.1) is 0 Å². The number of primary amides is 2. The number of rotatable bonds is 20. The number of aliphatic hydroxyl groups excluding tert-OH is 2. The topological polar surface area (TPSA) is 365 Å². The zero-order valence-electron chi connectivity index (χ0n) is 24.0. The maximum Gasteiger partial charge on any atom is 0.328 e. The fourth-order valence-corrected chi connectivity index (χ4v) is 3.13. The first-order valence-corrected chi connectivity index (χ1v) is 13.0. The number of hydrogen-bond acceptors (Lipinski definition) is 12. The predicted molar refractivity (Wildman–Crippen MR) is 146 cm³/mol. The molecule has 8 amide bonds. The van der Waals surface area contributed by atoms with Gasteiger partial charge in [-0.05, 0) is 20.3 Å². The molecule has 0 fully saturated rings. The number of carbonyl (C=O) groups excluding carboxylic acids is 8. The highest BCUT2D eigenvalue weighted by Crippen LogP contribution is 2.02. The maximum absolute atomic E-state index is 13.0. The van der Waals surface area contributed by atoms with E-state index >= 15 is 0 Å². The summed E-state index contributed by atoms with van der Waals surface area (Å²) in [5.41, 5.74) is 15.7. The molecule has 0 radical (unpaired) electrons. The van der Waals surface area contributed by atoms with E-state index in [1.807, 2.05) is 5.32 Å². The van der Waals surface area contributed by atoms with E-state index in [2.05, 4.69) is 26.6 Å². The lowest BCUT2D eigenvalue weighted by molar-refractivity contribution is -0.142. The molecule has 0 aromatic rings. The van der Waals surface area contributed by atoms with Crippen molar-refractivity contribution in [3.05, 3.63) is 0 Å². The molecule has 0 saturated heterocycles. The minimum absolute atomic E-state index is 0.416. The van der Waals surface area contributed by atoms with E-state index in [1.165, 1.54) is 13.8 Å². The lowest BCUT2D eigenvalue weighted by atomic mass is 10.1. The molecule has 44 heavy (non-hydrogen) atoms. The highest BCUT2D eigenvalue weighted by Gasteiger charge is 2.32. The van der Waals surface area contributed by atoms with E-state index in [1.54, 1.807) is 0 Å². The van der Waals surface area contributed by atoms with E-state index in [0.29, 0.717) is 0 Å². The second-order valence-electron chi connectivity index (χ2n) is 9.42. The van der Waals surface area contributed by atoms with Gasteiger partial charge in [-0.2, -0.15) is 0 Å². The molecule has 0 aliphatic heterocycles. The van der Waals surface area contributed by atoms with Crippen LogP contribution in [0.2, 0.25) is 0 Å². The van der Waals surface area contributed by atoms with Gasteiger partial charge in [-0.15, -0.1) is 0 Å². The number of nitrogens with one attached hydrogen (secondary N) is 6. The number of nitrogens with two attached hydrogens (primary N) is 3. The Balaban J connectivity index is 5.62. The number of aliphatic hydroxyl groups is 2. The SMILES string of the molecule is C[C@H](N)C(=O)N[C@@H](C)C(=O)N[C@@H](CO)C(=O)N[C@@H](CC(N)=O)C(=O)N[C@@H](CCC(N)=O)C(=O)NCC(=O)N[C@@H](CO)C(=O)O. The van der Waals surface area contributed by atoms with Crippen LogP contribution in [-0.4, -0.2) is 125 Å².